The van der Waals surface area contributed by atoms with Gasteiger partial charge < -0.3 is 5.32 Å². The Morgan fingerprint density at radius 3 is 2.86 bits per heavy atom. The summed E-state index contributed by atoms with van der Waals surface area (Å²) in [5.41, 5.74) is 1.98. The van der Waals surface area contributed by atoms with Crippen LogP contribution in [0.3, 0.4) is 0 Å². The minimum atomic E-state index is -3.23. The molecule has 2 unspecified atom stereocenters. The highest BCUT2D eigenvalue weighted by Crippen LogP contribution is 2.38. The summed E-state index contributed by atoms with van der Waals surface area (Å²) >= 11 is 0. The van der Waals surface area contributed by atoms with Crippen molar-refractivity contribution in [3.63, 3.8) is 0 Å². The Balaban J connectivity index is 2.25. The molecule has 0 radical (unpaired) electrons. The number of rotatable bonds is 5. The second kappa shape index (κ2) is 6.36. The maximum atomic E-state index is 11.9. The fourth-order valence-corrected chi connectivity index (χ4v) is 4.13. The van der Waals surface area contributed by atoms with Gasteiger partial charge >= 0.3 is 0 Å². The second-order valence-electron chi connectivity index (χ2n) is 6.27. The SMILES string of the molecule is CCCS(=O)(=O)Nc1cccc(C2(C)CCNCC2C)c1. The van der Waals surface area contributed by atoms with Crippen molar-refractivity contribution in [2.45, 2.75) is 39.0 Å². The number of anilines is 1. The molecule has 118 valence electrons. The van der Waals surface area contributed by atoms with E-state index in [-0.39, 0.29) is 11.2 Å². The topological polar surface area (TPSA) is 58.2 Å². The quantitative estimate of drug-likeness (QED) is 0.879. The van der Waals surface area contributed by atoms with E-state index < -0.39 is 10.0 Å². The lowest BCUT2D eigenvalue weighted by atomic mass is 9.68. The number of piperidine rings is 1. The van der Waals surface area contributed by atoms with Gasteiger partial charge in [0.05, 0.1) is 5.75 Å². The highest BCUT2D eigenvalue weighted by molar-refractivity contribution is 7.92. The van der Waals surface area contributed by atoms with Gasteiger partial charge in [0.25, 0.3) is 0 Å². The summed E-state index contributed by atoms with van der Waals surface area (Å²) in [6.07, 6.45) is 1.69. The van der Waals surface area contributed by atoms with Crippen LogP contribution in [0.5, 0.6) is 0 Å². The molecule has 2 atom stereocenters. The highest BCUT2D eigenvalue weighted by Gasteiger charge is 2.35. The van der Waals surface area contributed by atoms with Gasteiger partial charge in [-0.25, -0.2) is 8.42 Å². The molecule has 0 bridgehead atoms. The fraction of sp³-hybridized carbons (Fsp3) is 0.625. The molecule has 1 aromatic rings. The molecule has 2 N–H and O–H groups in total. The summed E-state index contributed by atoms with van der Waals surface area (Å²) in [6, 6.07) is 7.87. The van der Waals surface area contributed by atoms with Gasteiger partial charge in [-0.15, -0.1) is 0 Å². The van der Waals surface area contributed by atoms with Crippen molar-refractivity contribution in [2.75, 3.05) is 23.6 Å². The van der Waals surface area contributed by atoms with E-state index in [2.05, 4.69) is 30.0 Å². The Labute approximate surface area is 128 Å². The van der Waals surface area contributed by atoms with Crippen molar-refractivity contribution in [3.8, 4) is 0 Å². The lowest BCUT2D eigenvalue weighted by molar-refractivity contribution is 0.238. The molecule has 0 aliphatic carbocycles. The van der Waals surface area contributed by atoms with Gasteiger partial charge in [-0.3, -0.25) is 4.72 Å². The smallest absolute Gasteiger partial charge is 0.232 e. The Bertz CT molecular complexity index is 586. The molecule has 1 aromatic carbocycles. The first-order chi connectivity index (χ1) is 9.87. The molecule has 0 aromatic heterocycles. The minimum Gasteiger partial charge on any atom is -0.316 e. The summed E-state index contributed by atoms with van der Waals surface area (Å²) in [5.74, 6) is 0.684. The predicted octanol–water partition coefficient (Wildman–Crippen LogP) is 2.73. The molecule has 0 saturated carbocycles. The van der Waals surface area contributed by atoms with Gasteiger partial charge in [-0.1, -0.05) is 32.9 Å². The first-order valence-electron chi connectivity index (χ1n) is 7.69. The number of nitrogens with one attached hydrogen (secondary N) is 2. The first-order valence-corrected chi connectivity index (χ1v) is 9.34. The van der Waals surface area contributed by atoms with Gasteiger partial charge in [-0.05, 0) is 55.0 Å². The van der Waals surface area contributed by atoms with Gasteiger partial charge in [0.1, 0.15) is 0 Å². The zero-order valence-corrected chi connectivity index (χ0v) is 14.0. The lowest BCUT2D eigenvalue weighted by Crippen LogP contribution is -2.44. The standard InChI is InChI=1S/C16H26N2O2S/c1-4-10-21(19,20)18-15-7-5-6-14(11-15)16(3)8-9-17-12-13(16)2/h5-7,11,13,17-18H,4,8-10,12H2,1-3H3. The molecule has 0 spiro atoms. The number of benzene rings is 1. The van der Waals surface area contributed by atoms with Crippen LogP contribution in [0.15, 0.2) is 24.3 Å². The molecule has 1 aliphatic rings. The zero-order chi connectivity index (χ0) is 15.5. The molecule has 4 nitrogen and oxygen atoms in total. The highest BCUT2D eigenvalue weighted by atomic mass is 32.2. The predicted molar refractivity (Wildman–Crippen MR) is 88.1 cm³/mol. The van der Waals surface area contributed by atoms with Crippen LogP contribution in [0.25, 0.3) is 0 Å². The Morgan fingerprint density at radius 2 is 2.19 bits per heavy atom. The molecule has 1 aliphatic heterocycles. The summed E-state index contributed by atoms with van der Waals surface area (Å²) in [7, 11) is -3.23. The summed E-state index contributed by atoms with van der Waals surface area (Å²) in [5, 5.41) is 3.42. The average Bonchev–Trinajstić information content (AvgIpc) is 2.42. The van der Waals surface area contributed by atoms with Crippen LogP contribution in [-0.2, 0) is 15.4 Å². The molecule has 2 rings (SSSR count). The third-order valence-electron chi connectivity index (χ3n) is 4.63. The van der Waals surface area contributed by atoms with Gasteiger partial charge in [0.15, 0.2) is 0 Å². The Morgan fingerprint density at radius 1 is 1.43 bits per heavy atom. The number of hydrogen-bond acceptors (Lipinski definition) is 3. The van der Waals surface area contributed by atoms with E-state index in [1.165, 1.54) is 5.56 Å². The van der Waals surface area contributed by atoms with Crippen LogP contribution in [0.2, 0.25) is 0 Å². The van der Waals surface area contributed by atoms with E-state index in [1.54, 1.807) is 0 Å². The molecular formula is C16H26N2O2S. The number of hydrogen-bond donors (Lipinski definition) is 2. The van der Waals surface area contributed by atoms with E-state index in [1.807, 2.05) is 25.1 Å². The molecule has 1 heterocycles. The molecule has 1 saturated heterocycles. The molecule has 21 heavy (non-hydrogen) atoms. The maximum absolute atomic E-state index is 11.9. The summed E-state index contributed by atoms with van der Waals surface area (Å²) in [6.45, 7) is 8.40. The van der Waals surface area contributed by atoms with E-state index in [4.69, 9.17) is 0 Å². The van der Waals surface area contributed by atoms with E-state index >= 15 is 0 Å². The van der Waals surface area contributed by atoms with Crippen molar-refractivity contribution in [1.29, 1.82) is 0 Å². The minimum absolute atomic E-state index is 0.0947. The van der Waals surface area contributed by atoms with Crippen molar-refractivity contribution in [1.82, 2.24) is 5.32 Å². The van der Waals surface area contributed by atoms with Crippen LogP contribution in [-0.4, -0.2) is 27.3 Å². The van der Waals surface area contributed by atoms with Gasteiger partial charge in [0, 0.05) is 5.69 Å². The monoisotopic (exact) mass is 310 g/mol. The van der Waals surface area contributed by atoms with Crippen LogP contribution >= 0.6 is 0 Å². The van der Waals surface area contributed by atoms with Crippen LogP contribution < -0.4 is 10.0 Å². The second-order valence-corrected chi connectivity index (χ2v) is 8.12. The van der Waals surface area contributed by atoms with Crippen molar-refractivity contribution in [3.05, 3.63) is 29.8 Å². The van der Waals surface area contributed by atoms with E-state index in [9.17, 15) is 8.42 Å². The molecule has 5 heteroatoms. The van der Waals surface area contributed by atoms with Gasteiger partial charge in [0.2, 0.25) is 10.0 Å². The largest absolute Gasteiger partial charge is 0.316 e. The van der Waals surface area contributed by atoms with E-state index in [0.717, 1.165) is 19.5 Å². The Hall–Kier alpha value is -1.07. The fourth-order valence-electron chi connectivity index (χ4n) is 3.00. The molecular weight excluding hydrogens is 284 g/mol. The zero-order valence-electron chi connectivity index (χ0n) is 13.1. The van der Waals surface area contributed by atoms with Crippen LogP contribution in [0.4, 0.5) is 5.69 Å². The summed E-state index contributed by atoms with van der Waals surface area (Å²) < 4.78 is 26.5. The third-order valence-corrected chi connectivity index (χ3v) is 6.12. The third kappa shape index (κ3) is 3.77. The maximum Gasteiger partial charge on any atom is 0.232 e. The van der Waals surface area contributed by atoms with Crippen molar-refractivity contribution in [2.24, 2.45) is 5.92 Å². The van der Waals surface area contributed by atoms with Crippen LogP contribution in [0.1, 0.15) is 39.2 Å². The normalized spacial score (nSPS) is 26.5. The Kier molecular flexibility index (Phi) is 4.94. The molecule has 0 amide bonds. The molecule has 1 fully saturated rings. The number of sulfonamides is 1. The van der Waals surface area contributed by atoms with Crippen LogP contribution in [0, 0.1) is 5.92 Å². The first kappa shape index (κ1) is 16.3. The van der Waals surface area contributed by atoms with E-state index in [0.29, 0.717) is 18.0 Å². The lowest BCUT2D eigenvalue weighted by Gasteiger charge is -2.40. The summed E-state index contributed by atoms with van der Waals surface area (Å²) in [4.78, 5) is 0. The van der Waals surface area contributed by atoms with Gasteiger partial charge in [-0.2, -0.15) is 0 Å². The van der Waals surface area contributed by atoms with Crippen molar-refractivity contribution >= 4 is 15.7 Å². The van der Waals surface area contributed by atoms with Crippen molar-refractivity contribution < 1.29 is 8.42 Å². The average molecular weight is 310 g/mol.